The first-order chi connectivity index (χ1) is 16.5. The molecule has 1 atom stereocenters. The molecule has 2 amide bonds. The topological polar surface area (TPSA) is 40.6 Å². The van der Waals surface area contributed by atoms with Gasteiger partial charge < -0.3 is 4.90 Å². The fraction of sp³-hybridized carbons (Fsp3) is 0.357. The monoisotopic (exact) mass is 478 g/mol. The van der Waals surface area contributed by atoms with E-state index in [9.17, 15) is 14.0 Å². The van der Waals surface area contributed by atoms with Gasteiger partial charge in [-0.2, -0.15) is 0 Å². The summed E-state index contributed by atoms with van der Waals surface area (Å²) < 4.78 is 14.3. The molecule has 1 saturated carbocycles. The molecule has 1 heterocycles. The highest BCUT2D eigenvalue weighted by molar-refractivity contribution is 7.10. The average molecular weight is 479 g/mol. The van der Waals surface area contributed by atoms with E-state index in [-0.39, 0.29) is 24.3 Å². The molecule has 4 nitrogen and oxygen atoms in total. The molecule has 0 spiro atoms. The Balaban J connectivity index is 1.80. The molecule has 4 rings (SSSR count). The Morgan fingerprint density at radius 2 is 1.79 bits per heavy atom. The first-order valence-electron chi connectivity index (χ1n) is 11.9. The van der Waals surface area contributed by atoms with Crippen molar-refractivity contribution >= 4 is 28.8 Å². The number of halogens is 1. The highest BCUT2D eigenvalue weighted by atomic mass is 32.1. The Kier molecular flexibility index (Phi) is 7.78. The van der Waals surface area contributed by atoms with Gasteiger partial charge in [0.25, 0.3) is 0 Å². The summed E-state index contributed by atoms with van der Waals surface area (Å²) in [6.45, 7) is 1.95. The SMILES string of the molecule is Cc1ccccc1C(C(=O)N(C)C1CCCCC1)N(C(=O)Cc1cccs1)c1cccc(F)c1. The number of carbonyl (C=O) groups is 2. The minimum Gasteiger partial charge on any atom is -0.341 e. The van der Waals surface area contributed by atoms with E-state index >= 15 is 0 Å². The zero-order valence-electron chi connectivity index (χ0n) is 19.7. The van der Waals surface area contributed by atoms with E-state index in [1.54, 1.807) is 12.1 Å². The number of hydrogen-bond donors (Lipinski definition) is 0. The standard InChI is InChI=1S/C28H31FN2O2S/c1-20-10-6-7-16-25(20)27(28(33)30(2)22-12-4-3-5-13-22)31(23-14-8-11-21(29)18-23)26(32)19-24-15-9-17-34-24/h6-11,14-18,22,27H,3-5,12-13,19H2,1-2H3. The lowest BCUT2D eigenvalue weighted by Crippen LogP contribution is -2.48. The van der Waals surface area contributed by atoms with Crippen LogP contribution in [-0.2, 0) is 16.0 Å². The number of rotatable bonds is 7. The van der Waals surface area contributed by atoms with Crippen LogP contribution in [0.4, 0.5) is 10.1 Å². The maximum Gasteiger partial charge on any atom is 0.250 e. The lowest BCUT2D eigenvalue weighted by Gasteiger charge is -2.38. The van der Waals surface area contributed by atoms with Crippen LogP contribution in [0.1, 0.15) is 54.1 Å². The maximum atomic E-state index is 14.3. The highest BCUT2D eigenvalue weighted by Crippen LogP contribution is 2.34. The third-order valence-electron chi connectivity index (χ3n) is 6.71. The molecule has 1 aromatic heterocycles. The van der Waals surface area contributed by atoms with Gasteiger partial charge in [-0.15, -0.1) is 11.3 Å². The Morgan fingerprint density at radius 3 is 2.47 bits per heavy atom. The van der Waals surface area contributed by atoms with Gasteiger partial charge in [-0.25, -0.2) is 4.39 Å². The lowest BCUT2D eigenvalue weighted by atomic mass is 9.92. The Hall–Kier alpha value is -2.99. The van der Waals surface area contributed by atoms with E-state index < -0.39 is 11.9 Å². The van der Waals surface area contributed by atoms with Crippen LogP contribution >= 0.6 is 11.3 Å². The quantitative estimate of drug-likeness (QED) is 0.400. The summed E-state index contributed by atoms with van der Waals surface area (Å²) in [5.74, 6) is -0.806. The molecule has 0 aliphatic heterocycles. The molecular weight excluding hydrogens is 447 g/mol. The second-order valence-corrected chi connectivity index (χ2v) is 10.0. The van der Waals surface area contributed by atoms with Crippen LogP contribution in [0.15, 0.2) is 66.0 Å². The average Bonchev–Trinajstić information content (AvgIpc) is 3.35. The number of anilines is 1. The zero-order valence-corrected chi connectivity index (χ0v) is 20.6. The number of carbonyl (C=O) groups excluding carboxylic acids is 2. The van der Waals surface area contributed by atoms with E-state index in [2.05, 4.69) is 0 Å². The van der Waals surface area contributed by atoms with Crippen molar-refractivity contribution in [2.75, 3.05) is 11.9 Å². The largest absolute Gasteiger partial charge is 0.341 e. The van der Waals surface area contributed by atoms with Crippen molar-refractivity contribution in [3.63, 3.8) is 0 Å². The van der Waals surface area contributed by atoms with Gasteiger partial charge in [-0.1, -0.05) is 55.7 Å². The minimum atomic E-state index is -0.873. The van der Waals surface area contributed by atoms with Crippen molar-refractivity contribution in [3.8, 4) is 0 Å². The second-order valence-electron chi connectivity index (χ2n) is 9.00. The van der Waals surface area contributed by atoms with E-state index in [1.807, 2.05) is 60.6 Å². The van der Waals surface area contributed by atoms with Crippen molar-refractivity contribution in [3.05, 3.63) is 87.9 Å². The third kappa shape index (κ3) is 5.39. The van der Waals surface area contributed by atoms with E-state index in [4.69, 9.17) is 0 Å². The molecule has 3 aromatic rings. The summed E-state index contributed by atoms with van der Waals surface area (Å²) in [6, 6.07) is 16.7. The smallest absolute Gasteiger partial charge is 0.250 e. The molecule has 1 fully saturated rings. The summed E-state index contributed by atoms with van der Waals surface area (Å²) in [7, 11) is 1.84. The van der Waals surface area contributed by atoms with Crippen molar-refractivity contribution < 1.29 is 14.0 Å². The molecule has 1 aliphatic carbocycles. The first kappa shape index (κ1) is 24.1. The molecule has 2 aromatic carbocycles. The third-order valence-corrected chi connectivity index (χ3v) is 7.58. The number of nitrogens with zero attached hydrogens (tertiary/aromatic N) is 2. The molecule has 34 heavy (non-hydrogen) atoms. The molecule has 178 valence electrons. The Bertz CT molecular complexity index is 1120. The predicted molar refractivity (Wildman–Crippen MR) is 135 cm³/mol. The summed E-state index contributed by atoms with van der Waals surface area (Å²) in [5.41, 5.74) is 2.07. The number of thiophene rings is 1. The summed E-state index contributed by atoms with van der Waals surface area (Å²) in [5, 5.41) is 1.93. The molecule has 0 N–H and O–H groups in total. The van der Waals surface area contributed by atoms with Crippen LogP contribution in [0.3, 0.4) is 0 Å². The van der Waals surface area contributed by atoms with Crippen LogP contribution in [0, 0.1) is 12.7 Å². The van der Waals surface area contributed by atoms with Crippen LogP contribution in [0.2, 0.25) is 0 Å². The molecule has 0 radical (unpaired) electrons. The number of aryl methyl sites for hydroxylation is 1. The fourth-order valence-corrected chi connectivity index (χ4v) is 5.52. The van der Waals surface area contributed by atoms with Gasteiger partial charge in [0.2, 0.25) is 11.8 Å². The van der Waals surface area contributed by atoms with Crippen LogP contribution in [0.5, 0.6) is 0 Å². The Labute approximate surface area is 205 Å². The Morgan fingerprint density at radius 1 is 1.03 bits per heavy atom. The summed E-state index contributed by atoms with van der Waals surface area (Å²) in [4.78, 5) is 32.2. The zero-order chi connectivity index (χ0) is 24.1. The van der Waals surface area contributed by atoms with Crippen molar-refractivity contribution in [2.24, 2.45) is 0 Å². The summed E-state index contributed by atoms with van der Waals surface area (Å²) in [6.07, 6.45) is 5.47. The predicted octanol–water partition coefficient (Wildman–Crippen LogP) is 6.30. The molecule has 1 unspecified atom stereocenters. The molecular formula is C28H31FN2O2S. The minimum absolute atomic E-state index is 0.134. The number of likely N-dealkylation sites (N-methyl/N-ethyl adjacent to an activating group) is 1. The van der Waals surface area contributed by atoms with Gasteiger partial charge in [0.15, 0.2) is 0 Å². The van der Waals surface area contributed by atoms with Gasteiger partial charge in [0.1, 0.15) is 11.9 Å². The highest BCUT2D eigenvalue weighted by Gasteiger charge is 2.37. The van der Waals surface area contributed by atoms with Gasteiger partial charge >= 0.3 is 0 Å². The van der Waals surface area contributed by atoms with E-state index in [0.717, 1.165) is 41.7 Å². The van der Waals surface area contributed by atoms with Crippen molar-refractivity contribution in [1.29, 1.82) is 0 Å². The van der Waals surface area contributed by atoms with Gasteiger partial charge in [-0.05, 0) is 60.5 Å². The molecule has 0 saturated heterocycles. The number of amides is 2. The van der Waals surface area contributed by atoms with Crippen molar-refractivity contribution in [2.45, 2.75) is 57.5 Å². The van der Waals surface area contributed by atoms with E-state index in [0.29, 0.717) is 5.69 Å². The second kappa shape index (κ2) is 11.0. The maximum absolute atomic E-state index is 14.3. The number of benzene rings is 2. The lowest BCUT2D eigenvalue weighted by molar-refractivity contribution is -0.136. The van der Waals surface area contributed by atoms with Crippen LogP contribution in [-0.4, -0.2) is 29.8 Å². The summed E-state index contributed by atoms with van der Waals surface area (Å²) >= 11 is 1.50. The first-order valence-corrected chi connectivity index (χ1v) is 12.8. The van der Waals surface area contributed by atoms with E-state index in [1.165, 1.54) is 34.8 Å². The van der Waals surface area contributed by atoms with Crippen molar-refractivity contribution in [1.82, 2.24) is 4.90 Å². The van der Waals surface area contributed by atoms with Crippen LogP contribution in [0.25, 0.3) is 0 Å². The molecule has 0 bridgehead atoms. The van der Waals surface area contributed by atoms with Gasteiger partial charge in [0, 0.05) is 23.7 Å². The van der Waals surface area contributed by atoms with Gasteiger partial charge in [-0.3, -0.25) is 14.5 Å². The van der Waals surface area contributed by atoms with Crippen LogP contribution < -0.4 is 4.90 Å². The number of hydrogen-bond acceptors (Lipinski definition) is 3. The fourth-order valence-electron chi connectivity index (χ4n) is 4.83. The van der Waals surface area contributed by atoms with Gasteiger partial charge in [0.05, 0.1) is 6.42 Å². The molecule has 1 aliphatic rings. The molecule has 6 heteroatoms. The normalized spacial score (nSPS) is 15.0.